The minimum absolute atomic E-state index is 0.383. The van der Waals surface area contributed by atoms with Gasteiger partial charge in [0.1, 0.15) is 6.10 Å². The van der Waals surface area contributed by atoms with Crippen molar-refractivity contribution in [2.24, 2.45) is 5.92 Å². The molecule has 1 atom stereocenters. The lowest BCUT2D eigenvalue weighted by molar-refractivity contribution is -0.130. The molecule has 3 rings (SSSR count). The molecule has 0 aliphatic heterocycles. The van der Waals surface area contributed by atoms with E-state index in [9.17, 15) is 5.11 Å². The lowest BCUT2D eigenvalue weighted by atomic mass is 9.71. The molecule has 2 fully saturated rings. The van der Waals surface area contributed by atoms with Crippen LogP contribution in [0.3, 0.4) is 0 Å². The Morgan fingerprint density at radius 2 is 1.81 bits per heavy atom. The SMILES string of the molecule is COC1(C(O)c2ccccc2C2CCC2)CCC(C)CC1. The Kier molecular flexibility index (Phi) is 4.37. The summed E-state index contributed by atoms with van der Waals surface area (Å²) in [6, 6.07) is 8.47. The first-order chi connectivity index (χ1) is 10.2. The van der Waals surface area contributed by atoms with E-state index in [-0.39, 0.29) is 5.60 Å². The molecular weight excluding hydrogens is 260 g/mol. The maximum atomic E-state index is 11.1. The van der Waals surface area contributed by atoms with Gasteiger partial charge in [0.05, 0.1) is 5.60 Å². The summed E-state index contributed by atoms with van der Waals surface area (Å²) in [4.78, 5) is 0. The summed E-state index contributed by atoms with van der Waals surface area (Å²) in [6.45, 7) is 2.30. The summed E-state index contributed by atoms with van der Waals surface area (Å²) in [5.74, 6) is 1.40. The topological polar surface area (TPSA) is 29.5 Å². The lowest BCUT2D eigenvalue weighted by Crippen LogP contribution is -2.42. The van der Waals surface area contributed by atoms with Crippen molar-refractivity contribution in [1.29, 1.82) is 0 Å². The number of rotatable bonds is 4. The molecule has 21 heavy (non-hydrogen) atoms. The highest BCUT2D eigenvalue weighted by Crippen LogP contribution is 2.46. The Labute approximate surface area is 128 Å². The highest BCUT2D eigenvalue weighted by molar-refractivity contribution is 5.35. The van der Waals surface area contributed by atoms with Crippen molar-refractivity contribution in [3.8, 4) is 0 Å². The van der Waals surface area contributed by atoms with E-state index >= 15 is 0 Å². The second-order valence-electron chi connectivity index (χ2n) is 7.11. The van der Waals surface area contributed by atoms with E-state index in [4.69, 9.17) is 4.74 Å². The van der Waals surface area contributed by atoms with Gasteiger partial charge in [-0.2, -0.15) is 0 Å². The van der Waals surface area contributed by atoms with E-state index in [1.165, 1.54) is 24.8 Å². The van der Waals surface area contributed by atoms with Gasteiger partial charge in [-0.25, -0.2) is 0 Å². The zero-order chi connectivity index (χ0) is 14.9. The zero-order valence-electron chi connectivity index (χ0n) is 13.3. The largest absolute Gasteiger partial charge is 0.385 e. The van der Waals surface area contributed by atoms with Crippen LogP contribution in [-0.4, -0.2) is 17.8 Å². The first kappa shape index (κ1) is 15.1. The molecule has 1 unspecified atom stereocenters. The summed E-state index contributed by atoms with van der Waals surface area (Å²) >= 11 is 0. The molecule has 1 aromatic rings. The van der Waals surface area contributed by atoms with E-state index < -0.39 is 6.10 Å². The van der Waals surface area contributed by atoms with Crippen molar-refractivity contribution < 1.29 is 9.84 Å². The maximum absolute atomic E-state index is 11.1. The van der Waals surface area contributed by atoms with Crippen LogP contribution in [0.5, 0.6) is 0 Å². The third kappa shape index (κ3) is 2.76. The van der Waals surface area contributed by atoms with Gasteiger partial charge < -0.3 is 9.84 Å². The van der Waals surface area contributed by atoms with E-state index in [0.29, 0.717) is 5.92 Å². The van der Waals surface area contributed by atoms with Crippen LogP contribution in [-0.2, 0) is 4.74 Å². The van der Waals surface area contributed by atoms with E-state index in [1.807, 2.05) is 0 Å². The summed E-state index contributed by atoms with van der Waals surface area (Å²) in [6.07, 6.45) is 7.58. The fourth-order valence-corrected chi connectivity index (χ4v) is 3.97. The van der Waals surface area contributed by atoms with Crippen LogP contribution in [0, 0.1) is 5.92 Å². The van der Waals surface area contributed by atoms with Crippen LogP contribution in [0.4, 0.5) is 0 Å². The Morgan fingerprint density at radius 1 is 1.14 bits per heavy atom. The van der Waals surface area contributed by atoms with Crippen LogP contribution in [0.25, 0.3) is 0 Å². The predicted molar refractivity (Wildman–Crippen MR) is 85.4 cm³/mol. The molecule has 0 bridgehead atoms. The number of hydrogen-bond acceptors (Lipinski definition) is 2. The number of hydrogen-bond donors (Lipinski definition) is 1. The number of aliphatic hydroxyl groups is 1. The fraction of sp³-hybridized carbons (Fsp3) is 0.684. The summed E-state index contributed by atoms with van der Waals surface area (Å²) in [7, 11) is 1.77. The van der Waals surface area contributed by atoms with Crippen molar-refractivity contribution in [3.05, 3.63) is 35.4 Å². The summed E-state index contributed by atoms with van der Waals surface area (Å²) < 4.78 is 5.88. The van der Waals surface area contributed by atoms with E-state index in [2.05, 4.69) is 31.2 Å². The quantitative estimate of drug-likeness (QED) is 0.878. The van der Waals surface area contributed by atoms with Crippen molar-refractivity contribution in [2.45, 2.75) is 69.5 Å². The van der Waals surface area contributed by atoms with Gasteiger partial charge in [-0.05, 0) is 61.5 Å². The van der Waals surface area contributed by atoms with Crippen LogP contribution in [0.15, 0.2) is 24.3 Å². The number of methoxy groups -OCH3 is 1. The number of benzene rings is 1. The molecule has 2 nitrogen and oxygen atoms in total. The van der Waals surface area contributed by atoms with Gasteiger partial charge in [0, 0.05) is 7.11 Å². The Balaban J connectivity index is 1.88. The molecule has 2 aliphatic carbocycles. The molecule has 0 radical (unpaired) electrons. The van der Waals surface area contributed by atoms with Crippen molar-refractivity contribution in [1.82, 2.24) is 0 Å². The molecule has 2 heteroatoms. The van der Waals surface area contributed by atoms with E-state index in [0.717, 1.165) is 37.2 Å². The highest BCUT2D eigenvalue weighted by Gasteiger charge is 2.42. The minimum Gasteiger partial charge on any atom is -0.385 e. The normalized spacial score (nSPS) is 31.7. The maximum Gasteiger partial charge on any atom is 0.108 e. The van der Waals surface area contributed by atoms with Gasteiger partial charge in [-0.1, -0.05) is 37.6 Å². The van der Waals surface area contributed by atoms with Crippen LogP contribution < -0.4 is 0 Å². The van der Waals surface area contributed by atoms with Gasteiger partial charge in [-0.3, -0.25) is 0 Å². The average molecular weight is 288 g/mol. The second kappa shape index (κ2) is 6.10. The third-order valence-corrected chi connectivity index (χ3v) is 5.86. The van der Waals surface area contributed by atoms with Crippen molar-refractivity contribution in [3.63, 3.8) is 0 Å². The summed E-state index contributed by atoms with van der Waals surface area (Å²) in [5.41, 5.74) is 2.08. The van der Waals surface area contributed by atoms with Gasteiger partial charge in [0.2, 0.25) is 0 Å². The first-order valence-corrected chi connectivity index (χ1v) is 8.48. The Bertz CT molecular complexity index is 470. The Hall–Kier alpha value is -0.860. The van der Waals surface area contributed by atoms with E-state index in [1.54, 1.807) is 7.11 Å². The molecule has 1 aromatic carbocycles. The van der Waals surface area contributed by atoms with Gasteiger partial charge in [0.25, 0.3) is 0 Å². The third-order valence-electron chi connectivity index (χ3n) is 5.86. The van der Waals surface area contributed by atoms with Gasteiger partial charge in [-0.15, -0.1) is 0 Å². The molecule has 2 aliphatic rings. The first-order valence-electron chi connectivity index (χ1n) is 8.48. The van der Waals surface area contributed by atoms with Crippen molar-refractivity contribution >= 4 is 0 Å². The number of ether oxygens (including phenoxy) is 1. The minimum atomic E-state index is -0.494. The average Bonchev–Trinajstić information content (AvgIpc) is 2.47. The van der Waals surface area contributed by atoms with Crippen LogP contribution in [0.1, 0.15) is 75.0 Å². The molecule has 0 heterocycles. The lowest BCUT2D eigenvalue weighted by Gasteiger charge is -2.43. The molecule has 0 spiro atoms. The van der Waals surface area contributed by atoms with Gasteiger partial charge in [0.15, 0.2) is 0 Å². The summed E-state index contributed by atoms with van der Waals surface area (Å²) in [5, 5.41) is 11.1. The van der Waals surface area contributed by atoms with Gasteiger partial charge >= 0.3 is 0 Å². The molecule has 0 amide bonds. The molecule has 1 N–H and O–H groups in total. The fourth-order valence-electron chi connectivity index (χ4n) is 3.97. The molecule has 0 saturated heterocycles. The highest BCUT2D eigenvalue weighted by atomic mass is 16.5. The molecule has 0 aromatic heterocycles. The number of aliphatic hydroxyl groups excluding tert-OH is 1. The monoisotopic (exact) mass is 288 g/mol. The molecule has 2 saturated carbocycles. The standard InChI is InChI=1S/C19H28O2/c1-14-10-12-19(21-2,13-11-14)18(20)17-9-4-3-8-16(17)15-6-5-7-15/h3-4,8-9,14-15,18,20H,5-7,10-13H2,1-2H3. The smallest absolute Gasteiger partial charge is 0.108 e. The van der Waals surface area contributed by atoms with Crippen molar-refractivity contribution in [2.75, 3.05) is 7.11 Å². The van der Waals surface area contributed by atoms with Crippen LogP contribution in [0.2, 0.25) is 0 Å². The predicted octanol–water partition coefficient (Wildman–Crippen LogP) is 4.58. The Morgan fingerprint density at radius 3 is 2.38 bits per heavy atom. The zero-order valence-corrected chi connectivity index (χ0v) is 13.3. The van der Waals surface area contributed by atoms with Crippen LogP contribution >= 0.6 is 0 Å². The second-order valence-corrected chi connectivity index (χ2v) is 7.11. The molecular formula is C19H28O2. The molecule has 116 valence electrons.